The first kappa shape index (κ1) is 23.3. The topological polar surface area (TPSA) is 47.6 Å². The minimum Gasteiger partial charge on any atom is -0.434 e. The van der Waals surface area contributed by atoms with Crippen molar-refractivity contribution in [3.8, 4) is 0 Å². The Morgan fingerprint density at radius 3 is 1.84 bits per heavy atom. The third-order valence-corrected chi connectivity index (χ3v) is 6.14. The van der Waals surface area contributed by atoms with E-state index >= 15 is 0 Å². The van der Waals surface area contributed by atoms with E-state index in [9.17, 15) is 4.79 Å². The Labute approximate surface area is 187 Å². The summed E-state index contributed by atoms with van der Waals surface area (Å²) in [6.07, 6.45) is 0.834. The second-order valence-corrected chi connectivity index (χ2v) is 9.21. The zero-order valence-corrected chi connectivity index (χ0v) is 19.6. The number of ether oxygens (including phenoxy) is 2. The zero-order chi connectivity index (χ0) is 22.4. The number of benzene rings is 2. The van der Waals surface area contributed by atoms with Crippen LogP contribution in [0.2, 0.25) is 0 Å². The van der Waals surface area contributed by atoms with Gasteiger partial charge >= 0.3 is 6.16 Å². The smallest absolute Gasteiger partial charge is 0.434 e. The van der Waals surface area contributed by atoms with Crippen molar-refractivity contribution < 1.29 is 14.3 Å². The van der Waals surface area contributed by atoms with Crippen molar-refractivity contribution in [3.05, 3.63) is 70.8 Å². The second-order valence-electron chi connectivity index (χ2n) is 9.21. The first-order valence-electron chi connectivity index (χ1n) is 11.7. The highest BCUT2D eigenvalue weighted by Crippen LogP contribution is 2.34. The quantitative estimate of drug-likeness (QED) is 0.502. The maximum atomic E-state index is 11.9. The number of nitrogens with one attached hydrogen (secondary N) is 1. The molecular weight excluding hydrogens is 386 g/mol. The molecule has 3 rings (SSSR count). The molecule has 1 heterocycles. The molecule has 2 aromatic carbocycles. The minimum atomic E-state index is -0.562. The molecule has 1 N–H and O–H groups in total. The largest absolute Gasteiger partial charge is 0.508 e. The Kier molecular flexibility index (Phi) is 8.14. The van der Waals surface area contributed by atoms with E-state index in [0.717, 1.165) is 12.8 Å². The summed E-state index contributed by atoms with van der Waals surface area (Å²) >= 11 is 0. The number of carbonyl (C=O) groups excluding carboxylic acids is 1. The maximum Gasteiger partial charge on any atom is 0.508 e. The van der Waals surface area contributed by atoms with Gasteiger partial charge in [0.15, 0.2) is 0 Å². The third-order valence-electron chi connectivity index (χ3n) is 6.14. The SMILES string of the molecule is CCCOC(=O)O[C@H]1CN[C@@H](C(c2ccc(C(C)C)cc2)c2ccc(C(C)C)cc2)C1. The molecule has 0 radical (unpaired) electrons. The van der Waals surface area contributed by atoms with E-state index < -0.39 is 6.16 Å². The molecule has 1 saturated heterocycles. The lowest BCUT2D eigenvalue weighted by Gasteiger charge is -2.26. The minimum absolute atomic E-state index is 0.165. The van der Waals surface area contributed by atoms with E-state index in [-0.39, 0.29) is 18.1 Å². The van der Waals surface area contributed by atoms with Crippen LogP contribution in [0.3, 0.4) is 0 Å². The fraction of sp³-hybridized carbons (Fsp3) is 0.519. The summed E-state index contributed by atoms with van der Waals surface area (Å²) in [5.41, 5.74) is 5.26. The van der Waals surface area contributed by atoms with Gasteiger partial charge in [-0.15, -0.1) is 0 Å². The van der Waals surface area contributed by atoms with Gasteiger partial charge < -0.3 is 14.8 Å². The molecule has 168 valence electrons. The van der Waals surface area contributed by atoms with Gasteiger partial charge in [0.2, 0.25) is 0 Å². The standard InChI is InChI=1S/C27H37NO3/c1-6-15-30-27(29)31-24-16-25(28-17-24)26(22-11-7-20(8-12-22)18(2)3)23-13-9-21(10-14-23)19(4)5/h7-14,18-19,24-26,28H,6,15-17H2,1-5H3/t24-,25-/m1/s1. The van der Waals surface area contributed by atoms with Crippen molar-refractivity contribution in [2.24, 2.45) is 0 Å². The molecule has 1 fully saturated rings. The van der Waals surface area contributed by atoms with E-state index in [2.05, 4.69) is 81.5 Å². The third kappa shape index (κ3) is 6.10. The lowest BCUT2D eigenvalue weighted by atomic mass is 9.82. The molecular formula is C27H37NO3. The first-order valence-corrected chi connectivity index (χ1v) is 11.7. The molecule has 4 heteroatoms. The first-order chi connectivity index (χ1) is 14.9. The highest BCUT2D eigenvalue weighted by atomic mass is 16.7. The van der Waals surface area contributed by atoms with Crippen LogP contribution in [0.5, 0.6) is 0 Å². The highest BCUT2D eigenvalue weighted by molar-refractivity contribution is 5.60. The van der Waals surface area contributed by atoms with Gasteiger partial charge in [0, 0.05) is 24.9 Å². The summed E-state index contributed by atoms with van der Waals surface area (Å²) in [5, 5.41) is 3.61. The van der Waals surface area contributed by atoms with Gasteiger partial charge in [-0.3, -0.25) is 0 Å². The van der Waals surface area contributed by atoms with Gasteiger partial charge in [-0.2, -0.15) is 0 Å². The molecule has 4 nitrogen and oxygen atoms in total. The van der Waals surface area contributed by atoms with E-state index in [4.69, 9.17) is 9.47 Å². The lowest BCUT2D eigenvalue weighted by Crippen LogP contribution is -2.29. The molecule has 2 aromatic rings. The van der Waals surface area contributed by atoms with Crippen LogP contribution in [-0.2, 0) is 9.47 Å². The summed E-state index contributed by atoms with van der Waals surface area (Å²) in [6, 6.07) is 18.1. The van der Waals surface area contributed by atoms with Crippen LogP contribution in [0, 0.1) is 0 Å². The van der Waals surface area contributed by atoms with Crippen LogP contribution in [0.1, 0.15) is 87.5 Å². The number of hydrogen-bond acceptors (Lipinski definition) is 4. The van der Waals surface area contributed by atoms with Crippen molar-refractivity contribution in [2.75, 3.05) is 13.2 Å². The van der Waals surface area contributed by atoms with Crippen LogP contribution in [-0.4, -0.2) is 31.5 Å². The van der Waals surface area contributed by atoms with E-state index in [1.54, 1.807) is 0 Å². The van der Waals surface area contributed by atoms with Gasteiger partial charge in [0.05, 0.1) is 6.61 Å². The van der Waals surface area contributed by atoms with E-state index in [1.807, 2.05) is 6.92 Å². The van der Waals surface area contributed by atoms with Crippen molar-refractivity contribution in [1.82, 2.24) is 5.32 Å². The van der Waals surface area contributed by atoms with Crippen LogP contribution < -0.4 is 5.32 Å². The number of carbonyl (C=O) groups is 1. The zero-order valence-electron chi connectivity index (χ0n) is 19.6. The van der Waals surface area contributed by atoms with Crippen LogP contribution >= 0.6 is 0 Å². The number of hydrogen-bond donors (Lipinski definition) is 1. The summed E-state index contributed by atoms with van der Waals surface area (Å²) in [4.78, 5) is 11.9. The second kappa shape index (κ2) is 10.8. The number of rotatable bonds is 8. The highest BCUT2D eigenvalue weighted by Gasteiger charge is 2.34. The normalized spacial score (nSPS) is 18.7. The van der Waals surface area contributed by atoms with E-state index in [0.29, 0.717) is 25.0 Å². The van der Waals surface area contributed by atoms with Crippen LogP contribution in [0.4, 0.5) is 4.79 Å². The molecule has 0 saturated carbocycles. The van der Waals surface area contributed by atoms with Crippen molar-refractivity contribution in [1.29, 1.82) is 0 Å². The molecule has 1 aliphatic rings. The molecule has 0 aromatic heterocycles. The fourth-order valence-corrected chi connectivity index (χ4v) is 4.27. The molecule has 0 amide bonds. The van der Waals surface area contributed by atoms with Gasteiger partial charge in [-0.05, 0) is 40.5 Å². The average Bonchev–Trinajstić information content (AvgIpc) is 3.21. The molecule has 0 unspecified atom stereocenters. The van der Waals surface area contributed by atoms with Crippen molar-refractivity contribution in [2.45, 2.75) is 77.4 Å². The molecule has 31 heavy (non-hydrogen) atoms. The fourth-order valence-electron chi connectivity index (χ4n) is 4.27. The Hall–Kier alpha value is -2.33. The Morgan fingerprint density at radius 2 is 1.39 bits per heavy atom. The van der Waals surface area contributed by atoms with Gasteiger partial charge in [-0.25, -0.2) is 4.79 Å². The Balaban J connectivity index is 1.81. The molecule has 1 aliphatic heterocycles. The van der Waals surface area contributed by atoms with Gasteiger partial charge in [0.1, 0.15) is 6.10 Å². The van der Waals surface area contributed by atoms with E-state index in [1.165, 1.54) is 22.3 Å². The molecule has 0 bridgehead atoms. The van der Waals surface area contributed by atoms with Crippen LogP contribution in [0.25, 0.3) is 0 Å². The Morgan fingerprint density at radius 1 is 0.903 bits per heavy atom. The van der Waals surface area contributed by atoms with Crippen molar-refractivity contribution in [3.63, 3.8) is 0 Å². The summed E-state index contributed by atoms with van der Waals surface area (Å²) < 4.78 is 10.6. The molecule has 2 atom stereocenters. The summed E-state index contributed by atoms with van der Waals surface area (Å²) in [6.45, 7) is 11.9. The van der Waals surface area contributed by atoms with Crippen LogP contribution in [0.15, 0.2) is 48.5 Å². The summed E-state index contributed by atoms with van der Waals surface area (Å²) in [7, 11) is 0. The van der Waals surface area contributed by atoms with Crippen molar-refractivity contribution >= 4 is 6.16 Å². The van der Waals surface area contributed by atoms with Gasteiger partial charge in [0.25, 0.3) is 0 Å². The molecule has 0 aliphatic carbocycles. The average molecular weight is 424 g/mol. The summed E-state index contributed by atoms with van der Waals surface area (Å²) in [5.74, 6) is 1.21. The predicted octanol–water partition coefficient (Wildman–Crippen LogP) is 6.36. The lowest BCUT2D eigenvalue weighted by molar-refractivity contribution is 0.0289. The predicted molar refractivity (Wildman–Crippen MR) is 126 cm³/mol. The van der Waals surface area contributed by atoms with Gasteiger partial charge in [-0.1, -0.05) is 83.1 Å². The monoisotopic (exact) mass is 423 g/mol. The maximum absolute atomic E-state index is 11.9. The molecule has 0 spiro atoms. The Bertz CT molecular complexity index is 775.